The number of aryl methyl sites for hydroxylation is 1. The number of nitrogens with one attached hydrogen (secondary N) is 2. The summed E-state index contributed by atoms with van der Waals surface area (Å²) >= 11 is 6.42. The normalized spacial score (nSPS) is 15.5. The lowest BCUT2D eigenvalue weighted by molar-refractivity contribution is 0.0943. The maximum atomic E-state index is 14.6. The van der Waals surface area contributed by atoms with Gasteiger partial charge in [-0.2, -0.15) is 0 Å². The van der Waals surface area contributed by atoms with Gasteiger partial charge in [-0.3, -0.25) is 9.69 Å². The summed E-state index contributed by atoms with van der Waals surface area (Å²) in [6.07, 6.45) is 0.188. The van der Waals surface area contributed by atoms with Crippen LogP contribution in [0.3, 0.4) is 0 Å². The van der Waals surface area contributed by atoms with E-state index in [1.165, 1.54) is 5.56 Å². The van der Waals surface area contributed by atoms with Crippen molar-refractivity contribution in [2.24, 2.45) is 0 Å². The van der Waals surface area contributed by atoms with E-state index < -0.39 is 6.17 Å². The van der Waals surface area contributed by atoms with Gasteiger partial charge in [-0.1, -0.05) is 36.7 Å². The Labute approximate surface area is 205 Å². The number of alkyl halides is 1. The molecular formula is C26H32ClFN4O2. The molecule has 0 radical (unpaired) electrons. The Morgan fingerprint density at radius 3 is 2.68 bits per heavy atom. The number of fused-ring (bicyclic) bond motifs is 1. The highest BCUT2D eigenvalue weighted by Crippen LogP contribution is 2.37. The zero-order chi connectivity index (χ0) is 24.1. The van der Waals surface area contributed by atoms with Crippen LogP contribution < -0.4 is 15.0 Å². The molecule has 2 aromatic carbocycles. The molecule has 0 bridgehead atoms. The number of hydrogen-bond acceptors (Lipinski definition) is 4. The Balaban J connectivity index is 1.23. The van der Waals surface area contributed by atoms with Crippen molar-refractivity contribution in [2.45, 2.75) is 25.9 Å². The molecule has 6 nitrogen and oxygen atoms in total. The maximum absolute atomic E-state index is 14.6. The van der Waals surface area contributed by atoms with Crippen molar-refractivity contribution in [2.75, 3.05) is 51.3 Å². The first-order valence-corrected chi connectivity index (χ1v) is 12.2. The molecule has 1 atom stereocenters. The van der Waals surface area contributed by atoms with Crippen LogP contribution in [0.15, 0.2) is 42.5 Å². The molecule has 0 saturated carbocycles. The second kappa shape index (κ2) is 11.1. The van der Waals surface area contributed by atoms with Crippen LogP contribution in [0.5, 0.6) is 5.75 Å². The largest absolute Gasteiger partial charge is 0.493 e. The fraction of sp³-hybridized carbons (Fsp3) is 0.423. The van der Waals surface area contributed by atoms with E-state index >= 15 is 0 Å². The summed E-state index contributed by atoms with van der Waals surface area (Å²) in [6.45, 7) is 5.85. The van der Waals surface area contributed by atoms with Gasteiger partial charge < -0.3 is 19.9 Å². The molecule has 0 spiro atoms. The highest BCUT2D eigenvalue weighted by atomic mass is 35.5. The number of carbonyl (C=O) groups is 1. The number of benzene rings is 2. The molecule has 1 aliphatic heterocycles. The van der Waals surface area contributed by atoms with Crippen LogP contribution >= 0.6 is 11.6 Å². The molecule has 1 amide bonds. The molecule has 0 unspecified atom stereocenters. The number of ether oxygens (including phenoxy) is 1. The molecule has 2 heterocycles. The third-order valence-corrected chi connectivity index (χ3v) is 6.66. The van der Waals surface area contributed by atoms with E-state index in [0.717, 1.165) is 49.2 Å². The monoisotopic (exact) mass is 486 g/mol. The number of hydrogen-bond donors (Lipinski definition) is 2. The number of rotatable bonds is 9. The van der Waals surface area contributed by atoms with Crippen LogP contribution in [0.4, 0.5) is 10.1 Å². The second-order valence-electron chi connectivity index (χ2n) is 8.68. The van der Waals surface area contributed by atoms with Crippen LogP contribution in [-0.4, -0.2) is 68.3 Å². The zero-order valence-electron chi connectivity index (χ0n) is 19.7. The Morgan fingerprint density at radius 1 is 1.21 bits per heavy atom. The van der Waals surface area contributed by atoms with Gasteiger partial charge in [0.1, 0.15) is 11.9 Å². The van der Waals surface area contributed by atoms with E-state index in [2.05, 4.69) is 33.1 Å². The Bertz CT molecular complexity index is 1090. The summed E-state index contributed by atoms with van der Waals surface area (Å²) in [5.74, 6) is 0.486. The molecular weight excluding hydrogens is 455 g/mol. The molecule has 182 valence electrons. The van der Waals surface area contributed by atoms with Gasteiger partial charge in [0.15, 0.2) is 5.75 Å². The number of aromatic nitrogens is 1. The molecule has 1 aliphatic rings. The van der Waals surface area contributed by atoms with Crippen molar-refractivity contribution in [3.8, 4) is 5.75 Å². The minimum Gasteiger partial charge on any atom is -0.493 e. The lowest BCUT2D eigenvalue weighted by Crippen LogP contribution is -2.48. The number of nitrogens with zero attached hydrogens (tertiary/aromatic N) is 2. The van der Waals surface area contributed by atoms with E-state index in [0.29, 0.717) is 29.6 Å². The average Bonchev–Trinajstić information content (AvgIpc) is 3.28. The third kappa shape index (κ3) is 5.65. The van der Waals surface area contributed by atoms with E-state index in [-0.39, 0.29) is 12.3 Å². The number of para-hydroxylation sites is 1. The van der Waals surface area contributed by atoms with Gasteiger partial charge in [-0.25, -0.2) is 4.39 Å². The lowest BCUT2D eigenvalue weighted by atomic mass is 10.1. The summed E-state index contributed by atoms with van der Waals surface area (Å²) in [5, 5.41) is 4.43. The fourth-order valence-corrected chi connectivity index (χ4v) is 4.76. The van der Waals surface area contributed by atoms with Crippen molar-refractivity contribution >= 4 is 34.1 Å². The predicted octanol–water partition coefficient (Wildman–Crippen LogP) is 4.67. The summed E-state index contributed by atoms with van der Waals surface area (Å²) in [5.41, 5.74) is 3.58. The second-order valence-corrected chi connectivity index (χ2v) is 9.09. The molecule has 1 saturated heterocycles. The Hall–Kier alpha value is -2.77. The lowest BCUT2D eigenvalue weighted by Gasteiger charge is -2.37. The van der Waals surface area contributed by atoms with Gasteiger partial charge >= 0.3 is 0 Å². The highest BCUT2D eigenvalue weighted by Gasteiger charge is 2.23. The van der Waals surface area contributed by atoms with Gasteiger partial charge in [-0.15, -0.1) is 0 Å². The number of amides is 1. The predicted molar refractivity (Wildman–Crippen MR) is 136 cm³/mol. The van der Waals surface area contributed by atoms with Crippen molar-refractivity contribution in [1.29, 1.82) is 0 Å². The van der Waals surface area contributed by atoms with Crippen LogP contribution in [-0.2, 0) is 6.42 Å². The number of anilines is 1. The summed E-state index contributed by atoms with van der Waals surface area (Å²) in [4.78, 5) is 19.9. The van der Waals surface area contributed by atoms with Crippen molar-refractivity contribution in [3.63, 3.8) is 0 Å². The molecule has 0 aliphatic carbocycles. The van der Waals surface area contributed by atoms with Crippen LogP contribution in [0.25, 0.3) is 10.9 Å². The van der Waals surface area contributed by atoms with E-state index in [4.69, 9.17) is 16.3 Å². The quantitative estimate of drug-likeness (QED) is 0.461. The summed E-state index contributed by atoms with van der Waals surface area (Å²) in [7, 11) is 1.64. The SMILES string of the molecule is CCc1cc(Cl)c(OC)c(N2CCN(C[C@@H](F)CCNC(=O)c3cc4ccccc4[nH]3)CC2)c1. The van der Waals surface area contributed by atoms with Gasteiger partial charge in [0.2, 0.25) is 0 Å². The van der Waals surface area contributed by atoms with Crippen LogP contribution in [0.1, 0.15) is 29.4 Å². The Kier molecular flexibility index (Phi) is 7.95. The van der Waals surface area contributed by atoms with Gasteiger partial charge in [-0.05, 0) is 42.7 Å². The maximum Gasteiger partial charge on any atom is 0.267 e. The standard InChI is InChI=1S/C26H32ClFN4O2/c1-3-18-14-21(27)25(34-2)24(15-18)32-12-10-31(11-13-32)17-20(28)8-9-29-26(33)23-16-19-6-4-5-7-22(19)30-23/h4-7,14-16,20,30H,3,8-13,17H2,1-2H3,(H,29,33)/t20-/m0/s1. The molecule has 34 heavy (non-hydrogen) atoms. The number of carbonyl (C=O) groups excluding carboxylic acids is 1. The number of H-pyrrole nitrogens is 1. The molecule has 8 heteroatoms. The van der Waals surface area contributed by atoms with Gasteiger partial charge in [0, 0.05) is 50.2 Å². The third-order valence-electron chi connectivity index (χ3n) is 6.38. The van der Waals surface area contributed by atoms with E-state index in [1.54, 1.807) is 7.11 Å². The number of halogens is 2. The van der Waals surface area contributed by atoms with Gasteiger partial charge in [0.25, 0.3) is 5.91 Å². The van der Waals surface area contributed by atoms with Crippen LogP contribution in [0, 0.1) is 0 Å². The van der Waals surface area contributed by atoms with E-state index in [1.807, 2.05) is 36.4 Å². The summed E-state index contributed by atoms with van der Waals surface area (Å²) < 4.78 is 20.2. The van der Waals surface area contributed by atoms with E-state index in [9.17, 15) is 9.18 Å². The molecule has 4 rings (SSSR count). The van der Waals surface area contributed by atoms with Gasteiger partial charge in [0.05, 0.1) is 17.8 Å². The van der Waals surface area contributed by atoms with Crippen LogP contribution in [0.2, 0.25) is 5.02 Å². The highest BCUT2D eigenvalue weighted by molar-refractivity contribution is 6.32. The first-order chi connectivity index (χ1) is 16.5. The van der Waals surface area contributed by atoms with Crippen molar-refractivity contribution in [1.82, 2.24) is 15.2 Å². The molecule has 3 aromatic rings. The Morgan fingerprint density at radius 2 is 1.97 bits per heavy atom. The fourth-order valence-electron chi connectivity index (χ4n) is 4.45. The molecule has 1 aromatic heterocycles. The minimum atomic E-state index is -0.998. The number of methoxy groups -OCH3 is 1. The zero-order valence-corrected chi connectivity index (χ0v) is 20.5. The average molecular weight is 487 g/mol. The van der Waals surface area contributed by atoms with Crippen molar-refractivity contribution in [3.05, 3.63) is 58.7 Å². The number of aromatic amines is 1. The topological polar surface area (TPSA) is 60.6 Å². The minimum absolute atomic E-state index is 0.209. The first kappa shape index (κ1) is 24.4. The van der Waals surface area contributed by atoms with Crippen molar-refractivity contribution < 1.29 is 13.9 Å². The molecule has 2 N–H and O–H groups in total. The smallest absolute Gasteiger partial charge is 0.267 e. The number of piperazine rings is 1. The first-order valence-electron chi connectivity index (χ1n) is 11.8. The summed E-state index contributed by atoms with van der Waals surface area (Å²) in [6, 6.07) is 13.6. The molecule has 1 fully saturated rings.